The first-order valence-electron chi connectivity index (χ1n) is 6.38. The SMILES string of the molecule is CCCCCCCCNOc1ccccc1. The highest BCUT2D eigenvalue weighted by Gasteiger charge is 1.92. The van der Waals surface area contributed by atoms with E-state index in [-0.39, 0.29) is 0 Å². The van der Waals surface area contributed by atoms with Gasteiger partial charge in [0.25, 0.3) is 0 Å². The summed E-state index contributed by atoms with van der Waals surface area (Å²) in [7, 11) is 0. The molecule has 0 unspecified atom stereocenters. The molecular weight excluding hydrogens is 198 g/mol. The van der Waals surface area contributed by atoms with Crippen LogP contribution in [0.2, 0.25) is 0 Å². The smallest absolute Gasteiger partial charge is 0.147 e. The third kappa shape index (κ3) is 6.46. The molecule has 1 aromatic rings. The van der Waals surface area contributed by atoms with Gasteiger partial charge in [0, 0.05) is 6.54 Å². The van der Waals surface area contributed by atoms with E-state index < -0.39 is 0 Å². The van der Waals surface area contributed by atoms with E-state index in [9.17, 15) is 0 Å². The second-order valence-electron chi connectivity index (χ2n) is 4.08. The zero-order valence-corrected chi connectivity index (χ0v) is 10.2. The average molecular weight is 221 g/mol. The van der Waals surface area contributed by atoms with E-state index >= 15 is 0 Å². The van der Waals surface area contributed by atoms with Crippen LogP contribution in [0.1, 0.15) is 45.4 Å². The van der Waals surface area contributed by atoms with E-state index in [4.69, 9.17) is 4.84 Å². The summed E-state index contributed by atoms with van der Waals surface area (Å²) in [6.07, 6.45) is 7.89. The van der Waals surface area contributed by atoms with Gasteiger partial charge in [-0.3, -0.25) is 0 Å². The van der Waals surface area contributed by atoms with Gasteiger partial charge in [-0.05, 0) is 18.6 Å². The van der Waals surface area contributed by atoms with Crippen molar-refractivity contribution in [1.29, 1.82) is 0 Å². The van der Waals surface area contributed by atoms with Gasteiger partial charge in [-0.15, -0.1) is 0 Å². The van der Waals surface area contributed by atoms with Crippen molar-refractivity contribution in [2.75, 3.05) is 6.54 Å². The fourth-order valence-electron chi connectivity index (χ4n) is 1.60. The summed E-state index contributed by atoms with van der Waals surface area (Å²) in [5.74, 6) is 0.883. The average Bonchev–Trinajstić information content (AvgIpc) is 2.34. The van der Waals surface area contributed by atoms with Crippen molar-refractivity contribution in [3.63, 3.8) is 0 Å². The first-order chi connectivity index (χ1) is 7.93. The summed E-state index contributed by atoms with van der Waals surface area (Å²) in [6.45, 7) is 3.18. The minimum Gasteiger partial charge on any atom is -0.409 e. The number of unbranched alkanes of at least 4 members (excludes halogenated alkanes) is 5. The molecule has 0 aliphatic rings. The Balaban J connectivity index is 1.89. The molecule has 2 nitrogen and oxygen atoms in total. The van der Waals surface area contributed by atoms with Crippen molar-refractivity contribution < 1.29 is 4.84 Å². The molecule has 2 heteroatoms. The lowest BCUT2D eigenvalue weighted by Gasteiger charge is -2.06. The fourth-order valence-corrected chi connectivity index (χ4v) is 1.60. The van der Waals surface area contributed by atoms with Crippen molar-refractivity contribution in [3.8, 4) is 5.75 Å². The highest BCUT2D eigenvalue weighted by atomic mass is 16.6. The summed E-state index contributed by atoms with van der Waals surface area (Å²) in [6, 6.07) is 9.84. The lowest BCUT2D eigenvalue weighted by Crippen LogP contribution is -2.19. The molecule has 0 aliphatic heterocycles. The minimum atomic E-state index is 0.883. The molecule has 0 atom stereocenters. The standard InChI is InChI=1S/C14H23NO/c1-2-3-4-5-6-10-13-15-16-14-11-8-7-9-12-14/h7-9,11-12,15H,2-6,10,13H2,1H3. The van der Waals surface area contributed by atoms with Crippen LogP contribution in [0.4, 0.5) is 0 Å². The normalized spacial score (nSPS) is 10.3. The zero-order valence-electron chi connectivity index (χ0n) is 10.2. The summed E-state index contributed by atoms with van der Waals surface area (Å²) < 4.78 is 0. The van der Waals surface area contributed by atoms with Crippen LogP contribution in [0.3, 0.4) is 0 Å². The first kappa shape index (κ1) is 13.0. The minimum absolute atomic E-state index is 0.883. The van der Waals surface area contributed by atoms with Gasteiger partial charge in [-0.1, -0.05) is 57.2 Å². The third-order valence-corrected chi connectivity index (χ3v) is 2.57. The molecule has 0 heterocycles. The Labute approximate surface area is 99.0 Å². The Morgan fingerprint density at radius 3 is 2.38 bits per heavy atom. The van der Waals surface area contributed by atoms with Crippen LogP contribution in [-0.2, 0) is 0 Å². The molecule has 0 aromatic heterocycles. The molecular formula is C14H23NO. The Morgan fingerprint density at radius 1 is 0.938 bits per heavy atom. The predicted molar refractivity (Wildman–Crippen MR) is 68.4 cm³/mol. The number of hydrogen-bond donors (Lipinski definition) is 1. The molecule has 1 rings (SSSR count). The van der Waals surface area contributed by atoms with Gasteiger partial charge in [0.05, 0.1) is 0 Å². The molecule has 0 bridgehead atoms. The largest absolute Gasteiger partial charge is 0.409 e. The van der Waals surface area contributed by atoms with E-state index in [0.29, 0.717) is 0 Å². The van der Waals surface area contributed by atoms with E-state index in [0.717, 1.165) is 12.3 Å². The van der Waals surface area contributed by atoms with Crippen molar-refractivity contribution >= 4 is 0 Å². The highest BCUT2D eigenvalue weighted by molar-refractivity contribution is 5.20. The highest BCUT2D eigenvalue weighted by Crippen LogP contribution is 2.07. The Hall–Kier alpha value is -1.02. The van der Waals surface area contributed by atoms with E-state index in [1.54, 1.807) is 0 Å². The van der Waals surface area contributed by atoms with Gasteiger partial charge < -0.3 is 4.84 Å². The molecule has 1 N–H and O–H groups in total. The van der Waals surface area contributed by atoms with Crippen molar-refractivity contribution in [3.05, 3.63) is 30.3 Å². The van der Waals surface area contributed by atoms with Crippen molar-refractivity contribution in [2.24, 2.45) is 0 Å². The molecule has 0 spiro atoms. The number of para-hydroxylation sites is 1. The lowest BCUT2D eigenvalue weighted by atomic mass is 10.1. The van der Waals surface area contributed by atoms with Crippen LogP contribution < -0.4 is 10.3 Å². The molecule has 0 aliphatic carbocycles. The summed E-state index contributed by atoms with van der Waals surface area (Å²) in [4.78, 5) is 5.38. The van der Waals surface area contributed by atoms with E-state index in [2.05, 4.69) is 12.4 Å². The first-order valence-corrected chi connectivity index (χ1v) is 6.38. The molecule has 90 valence electrons. The number of nitrogens with one attached hydrogen (secondary N) is 1. The van der Waals surface area contributed by atoms with Crippen LogP contribution in [0.25, 0.3) is 0 Å². The van der Waals surface area contributed by atoms with E-state index in [1.165, 1.54) is 38.5 Å². The van der Waals surface area contributed by atoms with Crippen LogP contribution in [0.15, 0.2) is 30.3 Å². The quantitative estimate of drug-likeness (QED) is 0.504. The van der Waals surface area contributed by atoms with Gasteiger partial charge in [-0.25, -0.2) is 0 Å². The Bertz CT molecular complexity index is 248. The van der Waals surface area contributed by atoms with Crippen molar-refractivity contribution in [2.45, 2.75) is 45.4 Å². The molecule has 0 amide bonds. The zero-order chi connectivity index (χ0) is 11.5. The maximum Gasteiger partial charge on any atom is 0.147 e. The maximum atomic E-state index is 5.38. The second-order valence-corrected chi connectivity index (χ2v) is 4.08. The van der Waals surface area contributed by atoms with Gasteiger partial charge in [0.15, 0.2) is 0 Å². The van der Waals surface area contributed by atoms with Crippen LogP contribution in [0.5, 0.6) is 5.75 Å². The van der Waals surface area contributed by atoms with Crippen LogP contribution >= 0.6 is 0 Å². The summed E-state index contributed by atoms with van der Waals surface area (Å²) in [5.41, 5.74) is 2.99. The monoisotopic (exact) mass is 221 g/mol. The number of hydroxylamine groups is 1. The van der Waals surface area contributed by atoms with Crippen LogP contribution in [0, 0.1) is 0 Å². The summed E-state index contributed by atoms with van der Waals surface area (Å²) >= 11 is 0. The van der Waals surface area contributed by atoms with E-state index in [1.807, 2.05) is 30.3 Å². The number of hydrogen-bond acceptors (Lipinski definition) is 2. The molecule has 16 heavy (non-hydrogen) atoms. The molecule has 0 saturated heterocycles. The number of benzene rings is 1. The Morgan fingerprint density at radius 2 is 1.62 bits per heavy atom. The maximum absolute atomic E-state index is 5.38. The predicted octanol–water partition coefficient (Wildman–Crippen LogP) is 3.93. The second kappa shape index (κ2) is 9.22. The molecule has 0 saturated carbocycles. The van der Waals surface area contributed by atoms with Crippen molar-refractivity contribution in [1.82, 2.24) is 5.48 Å². The third-order valence-electron chi connectivity index (χ3n) is 2.57. The summed E-state index contributed by atoms with van der Waals surface area (Å²) in [5, 5.41) is 0. The lowest BCUT2D eigenvalue weighted by molar-refractivity contribution is 0.193. The van der Waals surface area contributed by atoms with Crippen LogP contribution in [-0.4, -0.2) is 6.54 Å². The molecule has 0 fully saturated rings. The van der Waals surface area contributed by atoms with Gasteiger partial charge in [-0.2, -0.15) is 5.48 Å². The van der Waals surface area contributed by atoms with Gasteiger partial charge in [0.1, 0.15) is 5.75 Å². The molecule has 0 radical (unpaired) electrons. The topological polar surface area (TPSA) is 21.3 Å². The van der Waals surface area contributed by atoms with Gasteiger partial charge >= 0.3 is 0 Å². The molecule has 1 aromatic carbocycles. The Kier molecular flexibility index (Phi) is 7.52. The number of rotatable bonds is 9. The van der Waals surface area contributed by atoms with Gasteiger partial charge in [0.2, 0.25) is 0 Å². The fraction of sp³-hybridized carbons (Fsp3) is 0.571.